The molecule has 1 fully saturated rings. The van der Waals surface area contributed by atoms with Gasteiger partial charge in [-0.15, -0.1) is 11.3 Å². The van der Waals surface area contributed by atoms with E-state index in [2.05, 4.69) is 10.6 Å². The lowest BCUT2D eigenvalue weighted by molar-refractivity contribution is -0.122. The van der Waals surface area contributed by atoms with Crippen molar-refractivity contribution in [3.05, 3.63) is 22.4 Å². The molecule has 1 unspecified atom stereocenters. The fraction of sp³-hybridized carbons (Fsp3) is 0.500. The van der Waals surface area contributed by atoms with E-state index in [-0.39, 0.29) is 11.9 Å². The van der Waals surface area contributed by atoms with E-state index in [1.54, 1.807) is 11.3 Å². The Hall–Kier alpha value is -0.520. The van der Waals surface area contributed by atoms with Crippen LogP contribution >= 0.6 is 23.1 Å². The molecule has 1 aliphatic heterocycles. The van der Waals surface area contributed by atoms with Gasteiger partial charge >= 0.3 is 0 Å². The highest BCUT2D eigenvalue weighted by Gasteiger charge is 2.20. The summed E-state index contributed by atoms with van der Waals surface area (Å²) in [5.74, 6) is 2.11. The Kier molecular flexibility index (Phi) is 4.05. The van der Waals surface area contributed by atoms with Crippen molar-refractivity contribution in [3.63, 3.8) is 0 Å². The lowest BCUT2D eigenvalue weighted by Crippen LogP contribution is -2.48. The van der Waals surface area contributed by atoms with Crippen molar-refractivity contribution in [2.45, 2.75) is 12.6 Å². The smallest absolute Gasteiger partial charge is 0.238 e. The molecule has 2 rings (SSSR count). The number of thiophene rings is 1. The number of carbonyl (C=O) groups is 1. The Morgan fingerprint density at radius 3 is 3.27 bits per heavy atom. The third kappa shape index (κ3) is 3.22. The minimum absolute atomic E-state index is 0.0105. The van der Waals surface area contributed by atoms with Gasteiger partial charge in [-0.3, -0.25) is 4.79 Å². The second-order valence-corrected chi connectivity index (χ2v) is 5.56. The molecule has 1 aromatic heterocycles. The Bertz CT molecular complexity index is 307. The van der Waals surface area contributed by atoms with Crippen LogP contribution in [0.3, 0.4) is 0 Å². The number of hydrogen-bond donors (Lipinski definition) is 2. The Balaban J connectivity index is 1.76. The zero-order chi connectivity index (χ0) is 10.5. The van der Waals surface area contributed by atoms with Gasteiger partial charge in [-0.2, -0.15) is 11.8 Å². The summed E-state index contributed by atoms with van der Waals surface area (Å²) in [4.78, 5) is 12.9. The molecule has 1 aromatic rings. The summed E-state index contributed by atoms with van der Waals surface area (Å²) in [5, 5.41) is 8.19. The summed E-state index contributed by atoms with van der Waals surface area (Å²) < 4.78 is 0. The van der Waals surface area contributed by atoms with Gasteiger partial charge in [-0.1, -0.05) is 6.07 Å². The molecule has 2 N–H and O–H groups in total. The summed E-state index contributed by atoms with van der Waals surface area (Å²) in [7, 11) is 0. The lowest BCUT2D eigenvalue weighted by atomic mass is 10.3. The van der Waals surface area contributed by atoms with Crippen molar-refractivity contribution in [1.29, 1.82) is 0 Å². The van der Waals surface area contributed by atoms with Gasteiger partial charge in [0.2, 0.25) is 5.91 Å². The van der Waals surface area contributed by atoms with Crippen molar-refractivity contribution in [1.82, 2.24) is 10.6 Å². The molecule has 1 atom stereocenters. The van der Waals surface area contributed by atoms with E-state index in [4.69, 9.17) is 0 Å². The SMILES string of the molecule is O=C(NCc1cccs1)C1CSCCN1. The van der Waals surface area contributed by atoms with Crippen LogP contribution in [0.2, 0.25) is 0 Å². The lowest BCUT2D eigenvalue weighted by Gasteiger charge is -2.22. The van der Waals surface area contributed by atoms with E-state index in [1.165, 1.54) is 4.88 Å². The largest absolute Gasteiger partial charge is 0.350 e. The maximum absolute atomic E-state index is 11.7. The monoisotopic (exact) mass is 242 g/mol. The van der Waals surface area contributed by atoms with Crippen LogP contribution in [0.25, 0.3) is 0 Å². The highest BCUT2D eigenvalue weighted by molar-refractivity contribution is 7.99. The fourth-order valence-electron chi connectivity index (χ4n) is 1.44. The van der Waals surface area contributed by atoms with E-state index >= 15 is 0 Å². The average molecular weight is 242 g/mol. The molecular weight excluding hydrogens is 228 g/mol. The van der Waals surface area contributed by atoms with Crippen LogP contribution in [0.1, 0.15) is 4.88 Å². The van der Waals surface area contributed by atoms with Gasteiger partial charge in [0, 0.05) is 22.9 Å². The molecule has 0 bridgehead atoms. The average Bonchev–Trinajstić information content (AvgIpc) is 2.80. The van der Waals surface area contributed by atoms with Gasteiger partial charge < -0.3 is 10.6 Å². The Morgan fingerprint density at radius 2 is 2.60 bits per heavy atom. The number of rotatable bonds is 3. The first-order valence-electron chi connectivity index (χ1n) is 4.97. The van der Waals surface area contributed by atoms with Crippen molar-refractivity contribution >= 4 is 29.0 Å². The van der Waals surface area contributed by atoms with Gasteiger partial charge in [-0.05, 0) is 11.4 Å². The first-order chi connectivity index (χ1) is 7.36. The number of carbonyl (C=O) groups excluding carboxylic acids is 1. The maximum atomic E-state index is 11.7. The Morgan fingerprint density at radius 1 is 1.67 bits per heavy atom. The number of amides is 1. The molecule has 1 amide bonds. The minimum atomic E-state index is -0.0105. The Labute approximate surface area is 97.6 Å². The zero-order valence-corrected chi connectivity index (χ0v) is 10.00. The zero-order valence-electron chi connectivity index (χ0n) is 8.36. The summed E-state index contributed by atoms with van der Waals surface area (Å²) in [5.41, 5.74) is 0. The van der Waals surface area contributed by atoms with Crippen LogP contribution in [0.15, 0.2) is 17.5 Å². The van der Waals surface area contributed by atoms with Crippen molar-refractivity contribution in [2.75, 3.05) is 18.1 Å². The second kappa shape index (κ2) is 5.53. The van der Waals surface area contributed by atoms with E-state index in [0.29, 0.717) is 6.54 Å². The number of thioether (sulfide) groups is 1. The topological polar surface area (TPSA) is 41.1 Å². The summed E-state index contributed by atoms with van der Waals surface area (Å²) >= 11 is 3.51. The van der Waals surface area contributed by atoms with E-state index < -0.39 is 0 Å². The highest BCUT2D eigenvalue weighted by Crippen LogP contribution is 2.09. The van der Waals surface area contributed by atoms with Crippen LogP contribution in [0, 0.1) is 0 Å². The van der Waals surface area contributed by atoms with Gasteiger partial charge in [0.25, 0.3) is 0 Å². The summed E-state index contributed by atoms with van der Waals surface area (Å²) in [6, 6.07) is 4.03. The van der Waals surface area contributed by atoms with Crippen molar-refractivity contribution in [2.24, 2.45) is 0 Å². The molecule has 82 valence electrons. The summed E-state index contributed by atoms with van der Waals surface area (Å²) in [6.07, 6.45) is 0. The third-order valence-electron chi connectivity index (χ3n) is 2.26. The predicted molar refractivity (Wildman–Crippen MR) is 65.3 cm³/mol. The third-order valence-corrected chi connectivity index (χ3v) is 4.19. The minimum Gasteiger partial charge on any atom is -0.350 e. The van der Waals surface area contributed by atoms with Crippen molar-refractivity contribution < 1.29 is 4.79 Å². The molecule has 5 heteroatoms. The van der Waals surface area contributed by atoms with Gasteiger partial charge in [0.1, 0.15) is 0 Å². The molecule has 0 spiro atoms. The maximum Gasteiger partial charge on any atom is 0.238 e. The van der Waals surface area contributed by atoms with Gasteiger partial charge in [0.05, 0.1) is 12.6 Å². The van der Waals surface area contributed by atoms with Crippen LogP contribution in [0.5, 0.6) is 0 Å². The standard InChI is InChI=1S/C10H14N2OS2/c13-10(9-7-14-5-3-11-9)12-6-8-2-1-4-15-8/h1-2,4,9,11H,3,5-7H2,(H,12,13). The molecule has 0 aromatic carbocycles. The molecule has 2 heterocycles. The first-order valence-corrected chi connectivity index (χ1v) is 7.01. The normalized spacial score (nSPS) is 21.2. The number of hydrogen-bond acceptors (Lipinski definition) is 4. The van der Waals surface area contributed by atoms with Crippen LogP contribution < -0.4 is 10.6 Å². The van der Waals surface area contributed by atoms with Crippen LogP contribution in [-0.4, -0.2) is 30.0 Å². The molecule has 1 saturated heterocycles. The van der Waals surface area contributed by atoms with Crippen LogP contribution in [0.4, 0.5) is 0 Å². The first kappa shape index (κ1) is 11.0. The number of nitrogens with one attached hydrogen (secondary N) is 2. The van der Waals surface area contributed by atoms with Crippen molar-refractivity contribution in [3.8, 4) is 0 Å². The van der Waals surface area contributed by atoms with Gasteiger partial charge in [-0.25, -0.2) is 0 Å². The fourth-order valence-corrected chi connectivity index (χ4v) is 3.02. The molecule has 15 heavy (non-hydrogen) atoms. The van der Waals surface area contributed by atoms with Crippen LogP contribution in [-0.2, 0) is 11.3 Å². The molecule has 0 saturated carbocycles. The molecule has 0 aliphatic carbocycles. The molecule has 0 radical (unpaired) electrons. The molecular formula is C10H14N2OS2. The second-order valence-electron chi connectivity index (χ2n) is 3.38. The van der Waals surface area contributed by atoms with Gasteiger partial charge in [0.15, 0.2) is 0 Å². The highest BCUT2D eigenvalue weighted by atomic mass is 32.2. The molecule has 1 aliphatic rings. The summed E-state index contributed by atoms with van der Waals surface area (Å²) in [6.45, 7) is 1.58. The quantitative estimate of drug-likeness (QED) is 0.833. The molecule has 3 nitrogen and oxygen atoms in total. The van der Waals surface area contributed by atoms with E-state index in [9.17, 15) is 4.79 Å². The van der Waals surface area contributed by atoms with E-state index in [0.717, 1.165) is 18.1 Å². The predicted octanol–water partition coefficient (Wildman–Crippen LogP) is 1.07. The van der Waals surface area contributed by atoms with E-state index in [1.807, 2.05) is 29.3 Å².